The number of ether oxygens (including phenoxy) is 2. The second-order valence-electron chi connectivity index (χ2n) is 6.00. The van der Waals surface area contributed by atoms with Crippen LogP contribution in [0.1, 0.15) is 29.3 Å². The van der Waals surface area contributed by atoms with E-state index in [0.717, 1.165) is 12.0 Å². The number of aryl methyl sites for hydroxylation is 1. The van der Waals surface area contributed by atoms with Crippen LogP contribution in [0.3, 0.4) is 0 Å². The van der Waals surface area contributed by atoms with Gasteiger partial charge in [0.2, 0.25) is 0 Å². The molecule has 0 amide bonds. The summed E-state index contributed by atoms with van der Waals surface area (Å²) in [7, 11) is 1.57. The number of aromatic nitrogens is 1. The highest BCUT2D eigenvalue weighted by atomic mass is 16.5. The second-order valence-corrected chi connectivity index (χ2v) is 6.00. The highest BCUT2D eigenvalue weighted by Gasteiger charge is 2.16. The average molecular weight is 350 g/mol. The Hall–Kier alpha value is -3.08. The van der Waals surface area contributed by atoms with Gasteiger partial charge in [-0.1, -0.05) is 31.2 Å². The van der Waals surface area contributed by atoms with E-state index in [1.54, 1.807) is 19.2 Å². The predicted octanol–water partition coefficient (Wildman–Crippen LogP) is 3.37. The van der Waals surface area contributed by atoms with Gasteiger partial charge in [0.25, 0.3) is 0 Å². The SMILES string of the molecule is CCCOc1c(OC)cccc1-c1cc(C(=O)[O-])c2cccc(C)c2n1. The van der Waals surface area contributed by atoms with Crippen LogP contribution in [-0.2, 0) is 0 Å². The summed E-state index contributed by atoms with van der Waals surface area (Å²) in [6.45, 7) is 4.44. The van der Waals surface area contributed by atoms with Gasteiger partial charge >= 0.3 is 0 Å². The fraction of sp³-hybridized carbons (Fsp3) is 0.238. The van der Waals surface area contributed by atoms with Crippen LogP contribution in [0.4, 0.5) is 0 Å². The Bertz CT molecular complexity index is 966. The first-order chi connectivity index (χ1) is 12.6. The van der Waals surface area contributed by atoms with Crippen LogP contribution in [-0.4, -0.2) is 24.7 Å². The molecule has 0 atom stereocenters. The lowest BCUT2D eigenvalue weighted by molar-refractivity contribution is -0.254. The molecule has 2 aromatic carbocycles. The number of hydrogen-bond acceptors (Lipinski definition) is 5. The molecular weight excluding hydrogens is 330 g/mol. The van der Waals surface area contributed by atoms with Crippen molar-refractivity contribution in [2.75, 3.05) is 13.7 Å². The molecule has 0 radical (unpaired) electrons. The van der Waals surface area contributed by atoms with E-state index in [4.69, 9.17) is 14.5 Å². The van der Waals surface area contributed by atoms with Crippen molar-refractivity contribution in [2.45, 2.75) is 20.3 Å². The lowest BCUT2D eigenvalue weighted by Gasteiger charge is -2.16. The number of carbonyl (C=O) groups is 1. The van der Waals surface area contributed by atoms with Gasteiger partial charge in [0, 0.05) is 16.5 Å². The van der Waals surface area contributed by atoms with E-state index in [1.165, 1.54) is 6.07 Å². The summed E-state index contributed by atoms with van der Waals surface area (Å²) in [6, 6.07) is 12.5. The molecule has 0 bridgehead atoms. The Morgan fingerprint density at radius 1 is 1.19 bits per heavy atom. The van der Waals surface area contributed by atoms with Crippen molar-refractivity contribution in [3.63, 3.8) is 0 Å². The molecular formula is C21H20NO4-. The van der Waals surface area contributed by atoms with Crippen LogP contribution in [0.2, 0.25) is 0 Å². The Kier molecular flexibility index (Phi) is 5.07. The summed E-state index contributed by atoms with van der Waals surface area (Å²) in [5.74, 6) is -0.0950. The van der Waals surface area contributed by atoms with Gasteiger partial charge in [0.1, 0.15) is 0 Å². The number of aromatic carboxylic acids is 1. The van der Waals surface area contributed by atoms with Crippen molar-refractivity contribution in [3.05, 3.63) is 53.6 Å². The standard InChI is InChI=1S/C21H21NO4/c1-4-11-26-20-15(9-6-10-18(20)25-3)17-12-16(21(23)24)14-8-5-7-13(2)19(14)22-17/h5-10,12H,4,11H2,1-3H3,(H,23,24)/p-1. The minimum Gasteiger partial charge on any atom is -0.545 e. The molecule has 0 spiro atoms. The van der Waals surface area contributed by atoms with E-state index in [1.807, 2.05) is 38.1 Å². The molecule has 3 aromatic rings. The fourth-order valence-electron chi connectivity index (χ4n) is 2.93. The number of para-hydroxylation sites is 2. The molecule has 5 heteroatoms. The monoisotopic (exact) mass is 350 g/mol. The van der Waals surface area contributed by atoms with Gasteiger partial charge in [-0.15, -0.1) is 0 Å². The van der Waals surface area contributed by atoms with Crippen molar-refractivity contribution in [2.24, 2.45) is 0 Å². The Labute approximate surface area is 152 Å². The van der Waals surface area contributed by atoms with Crippen LogP contribution >= 0.6 is 0 Å². The van der Waals surface area contributed by atoms with Gasteiger partial charge < -0.3 is 19.4 Å². The van der Waals surface area contributed by atoms with E-state index in [-0.39, 0.29) is 5.56 Å². The van der Waals surface area contributed by atoms with Crippen molar-refractivity contribution in [3.8, 4) is 22.8 Å². The predicted molar refractivity (Wildman–Crippen MR) is 98.6 cm³/mol. The smallest absolute Gasteiger partial charge is 0.170 e. The number of carboxylic acids is 1. The molecule has 1 aromatic heterocycles. The van der Waals surface area contributed by atoms with E-state index >= 15 is 0 Å². The summed E-state index contributed by atoms with van der Waals surface area (Å²) >= 11 is 0. The maximum absolute atomic E-state index is 11.7. The molecule has 26 heavy (non-hydrogen) atoms. The summed E-state index contributed by atoms with van der Waals surface area (Å²) in [5, 5.41) is 12.3. The highest BCUT2D eigenvalue weighted by Crippen LogP contribution is 2.38. The van der Waals surface area contributed by atoms with Crippen molar-refractivity contribution in [1.82, 2.24) is 4.98 Å². The first-order valence-electron chi connectivity index (χ1n) is 8.48. The first-order valence-corrected chi connectivity index (χ1v) is 8.48. The lowest BCUT2D eigenvalue weighted by atomic mass is 10.0. The van der Waals surface area contributed by atoms with E-state index < -0.39 is 5.97 Å². The van der Waals surface area contributed by atoms with E-state index in [2.05, 4.69) is 0 Å². The third-order valence-electron chi connectivity index (χ3n) is 4.19. The third-order valence-corrected chi connectivity index (χ3v) is 4.19. The number of methoxy groups -OCH3 is 1. The summed E-state index contributed by atoms with van der Waals surface area (Å²) in [6.07, 6.45) is 0.839. The molecule has 0 aliphatic rings. The molecule has 1 heterocycles. The van der Waals surface area contributed by atoms with Crippen LogP contribution in [0, 0.1) is 6.92 Å². The van der Waals surface area contributed by atoms with E-state index in [0.29, 0.717) is 40.3 Å². The van der Waals surface area contributed by atoms with Crippen molar-refractivity contribution in [1.29, 1.82) is 0 Å². The quantitative estimate of drug-likeness (QED) is 0.681. The number of pyridine rings is 1. The molecule has 3 rings (SSSR count). The zero-order valence-corrected chi connectivity index (χ0v) is 15.0. The van der Waals surface area contributed by atoms with Gasteiger partial charge in [-0.2, -0.15) is 0 Å². The van der Waals surface area contributed by atoms with Gasteiger partial charge in [-0.05, 0) is 37.1 Å². The minimum atomic E-state index is -1.23. The van der Waals surface area contributed by atoms with Crippen LogP contribution in [0.15, 0.2) is 42.5 Å². The maximum Gasteiger partial charge on any atom is 0.170 e. The zero-order chi connectivity index (χ0) is 18.7. The lowest BCUT2D eigenvalue weighted by Crippen LogP contribution is -2.23. The number of rotatable bonds is 6. The molecule has 5 nitrogen and oxygen atoms in total. The molecule has 0 saturated heterocycles. The summed E-state index contributed by atoms with van der Waals surface area (Å²) in [4.78, 5) is 16.4. The molecule has 0 aliphatic heterocycles. The Morgan fingerprint density at radius 2 is 1.96 bits per heavy atom. The molecule has 0 unspecified atom stereocenters. The number of carboxylic acid groups (broad SMARTS) is 1. The second kappa shape index (κ2) is 7.44. The fourth-order valence-corrected chi connectivity index (χ4v) is 2.93. The third kappa shape index (κ3) is 3.20. The van der Waals surface area contributed by atoms with Gasteiger partial charge in [0.15, 0.2) is 11.5 Å². The Morgan fingerprint density at radius 3 is 2.65 bits per heavy atom. The number of fused-ring (bicyclic) bond motifs is 1. The number of nitrogens with zero attached hydrogens (tertiary/aromatic N) is 1. The van der Waals surface area contributed by atoms with Gasteiger partial charge in [-0.3, -0.25) is 0 Å². The van der Waals surface area contributed by atoms with E-state index in [9.17, 15) is 9.90 Å². The van der Waals surface area contributed by atoms with Gasteiger partial charge in [0.05, 0.1) is 30.9 Å². The number of benzene rings is 2. The minimum absolute atomic E-state index is 0.109. The molecule has 0 aliphatic carbocycles. The molecule has 0 saturated carbocycles. The van der Waals surface area contributed by atoms with Crippen LogP contribution in [0.25, 0.3) is 22.2 Å². The van der Waals surface area contributed by atoms with Crippen molar-refractivity contribution >= 4 is 16.9 Å². The Balaban J connectivity index is 2.29. The number of hydrogen-bond donors (Lipinski definition) is 0. The average Bonchev–Trinajstić information content (AvgIpc) is 2.65. The summed E-state index contributed by atoms with van der Waals surface area (Å²) < 4.78 is 11.3. The zero-order valence-electron chi connectivity index (χ0n) is 15.0. The first kappa shape index (κ1) is 17.7. The summed E-state index contributed by atoms with van der Waals surface area (Å²) in [5.41, 5.74) is 2.83. The van der Waals surface area contributed by atoms with Crippen molar-refractivity contribution < 1.29 is 19.4 Å². The molecule has 0 N–H and O–H groups in total. The maximum atomic E-state index is 11.7. The largest absolute Gasteiger partial charge is 0.545 e. The number of carbonyl (C=O) groups excluding carboxylic acids is 1. The van der Waals surface area contributed by atoms with Gasteiger partial charge in [-0.25, -0.2) is 4.98 Å². The topological polar surface area (TPSA) is 71.5 Å². The highest BCUT2D eigenvalue weighted by molar-refractivity contribution is 6.03. The van der Waals surface area contributed by atoms with Crippen LogP contribution in [0.5, 0.6) is 11.5 Å². The normalized spacial score (nSPS) is 10.7. The molecule has 0 fully saturated rings. The van der Waals surface area contributed by atoms with Crippen LogP contribution < -0.4 is 14.6 Å². The molecule has 134 valence electrons.